The van der Waals surface area contributed by atoms with Gasteiger partial charge in [0.1, 0.15) is 11.6 Å². The zero-order chi connectivity index (χ0) is 17.8. The van der Waals surface area contributed by atoms with Gasteiger partial charge in [-0.05, 0) is 61.4 Å². The van der Waals surface area contributed by atoms with Gasteiger partial charge in [0, 0.05) is 16.9 Å². The molecule has 3 rings (SSSR count). The fourth-order valence-electron chi connectivity index (χ4n) is 2.43. The van der Waals surface area contributed by atoms with Gasteiger partial charge < -0.3 is 15.4 Å². The first-order valence-corrected chi connectivity index (χ1v) is 8.21. The average molecular weight is 355 g/mol. The molecule has 0 saturated heterocycles. The van der Waals surface area contributed by atoms with Crippen molar-refractivity contribution in [2.45, 2.75) is 13.8 Å². The number of methoxy groups -OCH3 is 1. The van der Waals surface area contributed by atoms with Crippen LogP contribution >= 0.6 is 11.6 Å². The molecule has 2 N–H and O–H groups in total. The highest BCUT2D eigenvalue weighted by Crippen LogP contribution is 2.28. The van der Waals surface area contributed by atoms with E-state index in [2.05, 4.69) is 20.6 Å². The van der Waals surface area contributed by atoms with E-state index in [1.807, 2.05) is 56.3 Å². The Bertz CT molecular complexity index is 898. The molecule has 2 aromatic carbocycles. The number of hydrogen-bond acceptors (Lipinski definition) is 5. The van der Waals surface area contributed by atoms with Crippen molar-refractivity contribution < 1.29 is 4.74 Å². The van der Waals surface area contributed by atoms with Crippen LogP contribution in [-0.2, 0) is 0 Å². The number of benzene rings is 2. The lowest BCUT2D eigenvalue weighted by molar-refractivity contribution is 0.416. The normalized spacial score (nSPS) is 10.4. The summed E-state index contributed by atoms with van der Waals surface area (Å²) in [4.78, 5) is 8.79. The van der Waals surface area contributed by atoms with Crippen molar-refractivity contribution in [1.29, 1.82) is 0 Å². The first-order valence-electron chi connectivity index (χ1n) is 7.83. The van der Waals surface area contributed by atoms with E-state index in [-0.39, 0.29) is 0 Å². The molecule has 3 aromatic rings. The topological polar surface area (TPSA) is 59.1 Å². The molecule has 1 heterocycles. The highest BCUT2D eigenvalue weighted by atomic mass is 35.5. The molecule has 128 valence electrons. The SMILES string of the molecule is COc1ccc(C)cc1Nc1nccc(Nc2ccc(Cl)cc2C)n1. The number of hydrogen-bond donors (Lipinski definition) is 2. The smallest absolute Gasteiger partial charge is 0.229 e. The summed E-state index contributed by atoms with van der Waals surface area (Å²) < 4.78 is 5.38. The minimum absolute atomic E-state index is 0.487. The lowest BCUT2D eigenvalue weighted by Gasteiger charge is -2.13. The van der Waals surface area contributed by atoms with Crippen LogP contribution in [0.25, 0.3) is 0 Å². The van der Waals surface area contributed by atoms with E-state index in [1.165, 1.54) is 0 Å². The number of nitrogens with one attached hydrogen (secondary N) is 2. The van der Waals surface area contributed by atoms with Gasteiger partial charge in [0.25, 0.3) is 0 Å². The van der Waals surface area contributed by atoms with Crippen LogP contribution < -0.4 is 15.4 Å². The van der Waals surface area contributed by atoms with E-state index in [4.69, 9.17) is 16.3 Å². The number of ether oxygens (including phenoxy) is 1. The van der Waals surface area contributed by atoms with Gasteiger partial charge >= 0.3 is 0 Å². The van der Waals surface area contributed by atoms with Crippen molar-refractivity contribution in [3.63, 3.8) is 0 Å². The summed E-state index contributed by atoms with van der Waals surface area (Å²) in [6.07, 6.45) is 1.70. The Morgan fingerprint density at radius 3 is 2.56 bits per heavy atom. The third-order valence-corrected chi connectivity index (χ3v) is 3.94. The molecular formula is C19H19ClN4O. The number of anilines is 4. The average Bonchev–Trinajstić information content (AvgIpc) is 2.58. The number of nitrogens with zero attached hydrogens (tertiary/aromatic N) is 2. The Hall–Kier alpha value is -2.79. The van der Waals surface area contributed by atoms with Crippen LogP contribution in [0.2, 0.25) is 5.02 Å². The molecule has 0 radical (unpaired) electrons. The summed E-state index contributed by atoms with van der Waals surface area (Å²) in [5, 5.41) is 7.20. The number of halogens is 1. The zero-order valence-electron chi connectivity index (χ0n) is 14.3. The van der Waals surface area contributed by atoms with Gasteiger partial charge in [-0.25, -0.2) is 4.98 Å². The van der Waals surface area contributed by atoms with Crippen molar-refractivity contribution in [2.24, 2.45) is 0 Å². The van der Waals surface area contributed by atoms with Crippen LogP contribution in [0.3, 0.4) is 0 Å². The summed E-state index contributed by atoms with van der Waals surface area (Å²) in [6, 6.07) is 13.4. The van der Waals surface area contributed by atoms with Gasteiger partial charge in [0.05, 0.1) is 12.8 Å². The van der Waals surface area contributed by atoms with Crippen molar-refractivity contribution in [3.05, 3.63) is 64.8 Å². The molecule has 25 heavy (non-hydrogen) atoms. The van der Waals surface area contributed by atoms with Crippen molar-refractivity contribution >= 4 is 34.7 Å². The summed E-state index contributed by atoms with van der Waals surface area (Å²) in [5.41, 5.74) is 3.93. The summed E-state index contributed by atoms with van der Waals surface area (Å²) in [7, 11) is 1.64. The van der Waals surface area contributed by atoms with E-state index in [9.17, 15) is 0 Å². The molecule has 0 atom stereocenters. The molecular weight excluding hydrogens is 336 g/mol. The fraction of sp³-hybridized carbons (Fsp3) is 0.158. The Kier molecular flexibility index (Phi) is 5.05. The highest BCUT2D eigenvalue weighted by Gasteiger charge is 2.07. The molecule has 0 unspecified atom stereocenters. The molecule has 0 amide bonds. The second-order valence-corrected chi connectivity index (χ2v) is 6.11. The third kappa shape index (κ3) is 4.19. The number of aromatic nitrogens is 2. The van der Waals surface area contributed by atoms with Gasteiger partial charge in [0.2, 0.25) is 5.95 Å². The Labute approximate surface area is 152 Å². The Morgan fingerprint density at radius 1 is 0.960 bits per heavy atom. The maximum Gasteiger partial charge on any atom is 0.229 e. The second-order valence-electron chi connectivity index (χ2n) is 5.68. The lowest BCUT2D eigenvalue weighted by Crippen LogP contribution is -2.02. The fourth-order valence-corrected chi connectivity index (χ4v) is 2.66. The third-order valence-electron chi connectivity index (χ3n) is 3.71. The Balaban J connectivity index is 1.83. The van der Waals surface area contributed by atoms with E-state index >= 15 is 0 Å². The van der Waals surface area contributed by atoms with Crippen LogP contribution in [-0.4, -0.2) is 17.1 Å². The largest absolute Gasteiger partial charge is 0.495 e. The summed E-state index contributed by atoms with van der Waals surface area (Å²) in [6.45, 7) is 4.01. The van der Waals surface area contributed by atoms with E-state index < -0.39 is 0 Å². The van der Waals surface area contributed by atoms with Gasteiger partial charge in [-0.2, -0.15) is 4.98 Å². The molecule has 0 fully saturated rings. The number of rotatable bonds is 5. The van der Waals surface area contributed by atoms with Crippen LogP contribution in [0, 0.1) is 13.8 Å². The molecule has 6 heteroatoms. The second kappa shape index (κ2) is 7.40. The van der Waals surface area contributed by atoms with Gasteiger partial charge in [-0.15, -0.1) is 0 Å². The first-order chi connectivity index (χ1) is 12.0. The maximum absolute atomic E-state index is 6.00. The van der Waals surface area contributed by atoms with Gasteiger partial charge in [0.15, 0.2) is 0 Å². The molecule has 5 nitrogen and oxygen atoms in total. The quantitative estimate of drug-likeness (QED) is 0.656. The van der Waals surface area contributed by atoms with Crippen molar-refractivity contribution in [1.82, 2.24) is 9.97 Å². The van der Waals surface area contributed by atoms with Crippen molar-refractivity contribution in [3.8, 4) is 5.75 Å². The number of aryl methyl sites for hydroxylation is 2. The minimum Gasteiger partial charge on any atom is -0.495 e. The molecule has 0 aliphatic heterocycles. The van der Waals surface area contributed by atoms with E-state index in [0.717, 1.165) is 28.3 Å². The zero-order valence-corrected chi connectivity index (χ0v) is 15.1. The highest BCUT2D eigenvalue weighted by molar-refractivity contribution is 6.30. The van der Waals surface area contributed by atoms with Crippen LogP contribution in [0.1, 0.15) is 11.1 Å². The lowest BCUT2D eigenvalue weighted by atomic mass is 10.2. The molecule has 0 bridgehead atoms. The Morgan fingerprint density at radius 2 is 1.80 bits per heavy atom. The predicted octanol–water partition coefficient (Wildman–Crippen LogP) is 5.24. The minimum atomic E-state index is 0.487. The molecule has 0 aliphatic rings. The van der Waals surface area contributed by atoms with Crippen LogP contribution in [0.15, 0.2) is 48.7 Å². The van der Waals surface area contributed by atoms with E-state index in [0.29, 0.717) is 16.8 Å². The monoisotopic (exact) mass is 354 g/mol. The van der Waals surface area contributed by atoms with Gasteiger partial charge in [-0.1, -0.05) is 17.7 Å². The summed E-state index contributed by atoms with van der Waals surface area (Å²) >= 11 is 6.00. The first kappa shape index (κ1) is 17.0. The molecule has 0 spiro atoms. The van der Waals surface area contributed by atoms with Crippen LogP contribution in [0.4, 0.5) is 23.1 Å². The standard InChI is InChI=1S/C19H19ClN4O/c1-12-4-7-17(25-3)16(10-12)23-19-21-9-8-18(24-19)22-15-6-5-14(20)11-13(15)2/h4-11H,1-3H3,(H2,21,22,23,24). The maximum atomic E-state index is 6.00. The predicted molar refractivity (Wildman–Crippen MR) is 103 cm³/mol. The van der Waals surface area contributed by atoms with Crippen LogP contribution in [0.5, 0.6) is 5.75 Å². The summed E-state index contributed by atoms with van der Waals surface area (Å²) in [5.74, 6) is 1.91. The molecule has 0 aliphatic carbocycles. The van der Waals surface area contributed by atoms with Crippen molar-refractivity contribution in [2.75, 3.05) is 17.7 Å². The molecule has 0 saturated carbocycles. The van der Waals surface area contributed by atoms with Gasteiger partial charge in [-0.3, -0.25) is 0 Å². The molecule has 1 aromatic heterocycles. The van der Waals surface area contributed by atoms with E-state index in [1.54, 1.807) is 13.3 Å².